The Balaban J connectivity index is 1.33. The van der Waals surface area contributed by atoms with Gasteiger partial charge in [0.2, 0.25) is 17.7 Å². The number of nitrogens with two attached hydrogens (primary N) is 3. The second-order valence-corrected chi connectivity index (χ2v) is 14.6. The number of guanidine groups is 1. The lowest BCUT2D eigenvalue weighted by Gasteiger charge is -2.63. The van der Waals surface area contributed by atoms with E-state index in [4.69, 9.17) is 21.9 Å². The normalized spacial score (nSPS) is 19.3. The Hall–Kier alpha value is -4.94. The minimum absolute atomic E-state index is 0.0340. The lowest BCUT2D eigenvalue weighted by atomic mass is 9.42. The first kappa shape index (κ1) is 39.8. The fraction of sp³-hybridized carbons (Fsp3) is 0.538. The van der Waals surface area contributed by atoms with E-state index in [9.17, 15) is 24.0 Å². The number of primary amides is 1. The van der Waals surface area contributed by atoms with Gasteiger partial charge in [-0.25, -0.2) is 4.79 Å². The maximum atomic E-state index is 13.9. The standard InChI is InChI=1S/C39H55N7O6/c1-26(19-27-11-4-2-5-12-27)35(49)45-31(16-10-18-43-37(41)42)33(47)20-30(24-39-21-29(22-39)23-39)36(50)46-32(34(40)48)15-8-9-17-44-38(51)52-25-28-13-6-3-7-14-28/h2-7,11-14,26,29-32H,8-10,15-25H2,1H3,(H2,40,48)(H,44,51)(H,45,49)(H,46,50)(H4,41,42,43)/t26-,29?,30-,31+,32-,39?/m0/s1. The highest BCUT2D eigenvalue weighted by Gasteiger charge is 2.57. The van der Waals surface area contributed by atoms with Gasteiger partial charge in [0, 0.05) is 31.3 Å². The van der Waals surface area contributed by atoms with Crippen LogP contribution in [0, 0.1) is 23.2 Å². The van der Waals surface area contributed by atoms with Crippen molar-refractivity contribution in [2.45, 2.75) is 96.2 Å². The molecule has 9 N–H and O–H groups in total. The van der Waals surface area contributed by atoms with Gasteiger partial charge in [-0.2, -0.15) is 0 Å². The Labute approximate surface area is 306 Å². The predicted octanol–water partition coefficient (Wildman–Crippen LogP) is 3.24. The number of nitrogens with one attached hydrogen (secondary N) is 3. The van der Waals surface area contributed by atoms with Gasteiger partial charge in [0.05, 0.1) is 6.04 Å². The Bertz CT molecular complexity index is 1520. The number of hydrogen-bond donors (Lipinski definition) is 6. The number of alkyl carbamates (subject to hydrolysis) is 1. The number of Topliss-reactive ketones (excluding diaryl/α,β-unsaturated/α-hetero) is 1. The molecular weight excluding hydrogens is 662 g/mol. The van der Waals surface area contributed by atoms with Crippen LogP contribution >= 0.6 is 0 Å². The van der Waals surface area contributed by atoms with Gasteiger partial charge in [0.25, 0.3) is 0 Å². The monoisotopic (exact) mass is 717 g/mol. The van der Waals surface area contributed by atoms with Crippen molar-refractivity contribution in [1.29, 1.82) is 0 Å². The summed E-state index contributed by atoms with van der Waals surface area (Å²) in [5.74, 6) is -2.02. The third kappa shape index (κ3) is 12.7. The van der Waals surface area contributed by atoms with Crippen molar-refractivity contribution in [3.05, 3.63) is 71.8 Å². The zero-order valence-electron chi connectivity index (χ0n) is 30.2. The van der Waals surface area contributed by atoms with E-state index in [0.29, 0.717) is 57.5 Å². The van der Waals surface area contributed by atoms with Gasteiger partial charge >= 0.3 is 6.09 Å². The van der Waals surface area contributed by atoms with Crippen molar-refractivity contribution in [1.82, 2.24) is 16.0 Å². The maximum Gasteiger partial charge on any atom is 0.407 e. The van der Waals surface area contributed by atoms with Crippen LogP contribution in [0.3, 0.4) is 0 Å². The molecule has 2 bridgehead atoms. The van der Waals surface area contributed by atoms with Crippen LogP contribution in [0.5, 0.6) is 0 Å². The number of benzene rings is 2. The third-order valence-electron chi connectivity index (χ3n) is 10.2. The SMILES string of the molecule is C[C@@H](Cc1ccccc1)C(=O)N[C@H](CCCN=C(N)N)C(=O)C[C@@H](CC12CC(C1)C2)C(=O)N[C@@H](CCCCNC(=O)OCc1ccccc1)C(N)=O. The second-order valence-electron chi connectivity index (χ2n) is 14.6. The smallest absolute Gasteiger partial charge is 0.407 e. The Morgan fingerprint density at radius 2 is 1.44 bits per heavy atom. The average Bonchev–Trinajstić information content (AvgIpc) is 3.08. The zero-order valence-corrected chi connectivity index (χ0v) is 30.2. The fourth-order valence-electron chi connectivity index (χ4n) is 7.28. The van der Waals surface area contributed by atoms with Crippen molar-refractivity contribution in [2.24, 2.45) is 45.4 Å². The Morgan fingerprint density at radius 1 is 0.827 bits per heavy atom. The van der Waals surface area contributed by atoms with Crippen LogP contribution in [0.15, 0.2) is 65.7 Å². The van der Waals surface area contributed by atoms with E-state index in [2.05, 4.69) is 20.9 Å². The first-order chi connectivity index (χ1) is 24.9. The minimum Gasteiger partial charge on any atom is -0.445 e. The minimum atomic E-state index is -0.933. The highest BCUT2D eigenvalue weighted by atomic mass is 16.5. The summed E-state index contributed by atoms with van der Waals surface area (Å²) >= 11 is 0. The summed E-state index contributed by atoms with van der Waals surface area (Å²) in [6.07, 6.45) is 5.58. The van der Waals surface area contributed by atoms with E-state index < -0.39 is 35.9 Å². The molecule has 2 aromatic carbocycles. The summed E-state index contributed by atoms with van der Waals surface area (Å²) < 4.78 is 5.22. The van der Waals surface area contributed by atoms with Crippen LogP contribution in [0.1, 0.15) is 82.3 Å². The number of rotatable bonds is 23. The van der Waals surface area contributed by atoms with E-state index in [0.717, 1.165) is 30.4 Å². The van der Waals surface area contributed by atoms with Gasteiger partial charge in [0.15, 0.2) is 11.7 Å². The number of carbonyl (C=O) groups excluding carboxylic acids is 5. The number of aliphatic imine (C=N–C) groups is 1. The summed E-state index contributed by atoms with van der Waals surface area (Å²) in [5, 5.41) is 8.47. The molecule has 3 fully saturated rings. The van der Waals surface area contributed by atoms with E-state index in [1.165, 1.54) is 0 Å². The summed E-state index contributed by atoms with van der Waals surface area (Å²) in [6.45, 7) is 2.60. The molecular formula is C39H55N7O6. The van der Waals surface area contributed by atoms with Crippen LogP contribution < -0.4 is 33.2 Å². The number of carbonyl (C=O) groups is 5. The molecule has 0 aliphatic heterocycles. The van der Waals surface area contributed by atoms with Crippen molar-refractivity contribution >= 4 is 35.6 Å². The number of hydrogen-bond acceptors (Lipinski definition) is 7. The molecule has 2 aromatic rings. The van der Waals surface area contributed by atoms with Crippen molar-refractivity contribution in [3.63, 3.8) is 0 Å². The van der Waals surface area contributed by atoms with Gasteiger partial charge < -0.3 is 37.9 Å². The molecule has 13 nitrogen and oxygen atoms in total. The first-order valence-corrected chi connectivity index (χ1v) is 18.4. The molecule has 0 heterocycles. The molecule has 0 saturated heterocycles. The van der Waals surface area contributed by atoms with Gasteiger partial charge in [-0.3, -0.25) is 24.2 Å². The molecule has 52 heavy (non-hydrogen) atoms. The van der Waals surface area contributed by atoms with Crippen LogP contribution in [-0.2, 0) is 36.9 Å². The Morgan fingerprint density at radius 3 is 2.04 bits per heavy atom. The molecule has 0 spiro atoms. The number of ketones is 1. The predicted molar refractivity (Wildman–Crippen MR) is 198 cm³/mol. The molecule has 282 valence electrons. The highest BCUT2D eigenvalue weighted by molar-refractivity contribution is 5.94. The van der Waals surface area contributed by atoms with Crippen LogP contribution in [-0.4, -0.2) is 60.7 Å². The topological polar surface area (TPSA) is 221 Å². The number of ether oxygens (including phenoxy) is 1. The van der Waals surface area contributed by atoms with Crippen molar-refractivity contribution in [3.8, 4) is 0 Å². The average molecular weight is 718 g/mol. The summed E-state index contributed by atoms with van der Waals surface area (Å²) in [6, 6.07) is 17.2. The van der Waals surface area contributed by atoms with E-state index in [1.54, 1.807) is 0 Å². The second kappa shape index (κ2) is 19.6. The summed E-state index contributed by atoms with van der Waals surface area (Å²) in [4.78, 5) is 69.6. The molecule has 0 unspecified atom stereocenters. The van der Waals surface area contributed by atoms with Gasteiger partial charge in [0.1, 0.15) is 12.6 Å². The maximum absolute atomic E-state index is 13.9. The lowest BCUT2D eigenvalue weighted by molar-refractivity contribution is -0.146. The van der Waals surface area contributed by atoms with E-state index in [1.807, 2.05) is 67.6 Å². The first-order valence-electron chi connectivity index (χ1n) is 18.4. The zero-order chi connectivity index (χ0) is 37.5. The lowest BCUT2D eigenvalue weighted by Crippen LogP contribution is -2.55. The number of amides is 4. The largest absolute Gasteiger partial charge is 0.445 e. The van der Waals surface area contributed by atoms with E-state index >= 15 is 0 Å². The molecule has 4 amide bonds. The highest BCUT2D eigenvalue weighted by Crippen LogP contribution is 2.67. The van der Waals surface area contributed by atoms with E-state index in [-0.39, 0.29) is 48.4 Å². The molecule has 0 aromatic heterocycles. The quantitative estimate of drug-likeness (QED) is 0.0568. The third-order valence-corrected chi connectivity index (χ3v) is 10.2. The summed E-state index contributed by atoms with van der Waals surface area (Å²) in [5.41, 5.74) is 18.6. The molecule has 3 saturated carbocycles. The van der Waals surface area contributed by atoms with Crippen LogP contribution in [0.2, 0.25) is 0 Å². The Kier molecular flexibility index (Phi) is 15.0. The molecule has 0 radical (unpaired) electrons. The molecule has 5 rings (SSSR count). The van der Waals surface area contributed by atoms with Crippen molar-refractivity contribution in [2.75, 3.05) is 13.1 Å². The number of unbranched alkanes of at least 4 members (excludes halogenated alkanes) is 1. The van der Waals surface area contributed by atoms with Crippen molar-refractivity contribution < 1.29 is 28.7 Å². The molecule has 3 aliphatic carbocycles. The van der Waals surface area contributed by atoms with Gasteiger partial charge in [-0.1, -0.05) is 67.6 Å². The molecule has 13 heteroatoms. The summed E-state index contributed by atoms with van der Waals surface area (Å²) in [7, 11) is 0. The molecule has 4 atom stereocenters. The van der Waals surface area contributed by atoms with Crippen LogP contribution in [0.25, 0.3) is 0 Å². The van der Waals surface area contributed by atoms with Gasteiger partial charge in [-0.15, -0.1) is 0 Å². The van der Waals surface area contributed by atoms with Gasteiger partial charge in [-0.05, 0) is 86.7 Å². The number of nitrogens with zero attached hydrogens (tertiary/aromatic N) is 1. The molecule has 3 aliphatic rings. The van der Waals surface area contributed by atoms with Crippen LogP contribution in [0.4, 0.5) is 4.79 Å². The fourth-order valence-corrected chi connectivity index (χ4v) is 7.28.